The third-order valence-electron chi connectivity index (χ3n) is 4.48. The maximum atomic E-state index is 12.4. The smallest absolute Gasteiger partial charge is 0.335 e. The quantitative estimate of drug-likeness (QED) is 0.578. The number of aryl methyl sites for hydroxylation is 2. The molecule has 0 fully saturated rings. The number of benzene rings is 1. The van der Waals surface area contributed by atoms with Crippen molar-refractivity contribution in [2.45, 2.75) is 39.0 Å². The molecule has 6 nitrogen and oxygen atoms in total. The van der Waals surface area contributed by atoms with Gasteiger partial charge in [0.25, 0.3) is 0 Å². The van der Waals surface area contributed by atoms with Crippen LogP contribution in [0.15, 0.2) is 48.0 Å². The molecule has 0 atom stereocenters. The monoisotopic (exact) mass is 409 g/mol. The summed E-state index contributed by atoms with van der Waals surface area (Å²) >= 11 is 1.67. The largest absolute Gasteiger partial charge is 0.478 e. The van der Waals surface area contributed by atoms with Gasteiger partial charge < -0.3 is 10.4 Å². The SMILES string of the molecule is CC(C)c1csc(CCc2ccnc(NC(=O)Cc3ccccc3C(=O)O)c2)n1. The highest BCUT2D eigenvalue weighted by molar-refractivity contribution is 7.09. The minimum atomic E-state index is -1.05. The van der Waals surface area contributed by atoms with Crippen molar-refractivity contribution < 1.29 is 14.7 Å². The van der Waals surface area contributed by atoms with Crippen LogP contribution in [0.3, 0.4) is 0 Å². The number of carboxylic acid groups (broad SMARTS) is 1. The average Bonchev–Trinajstić information content (AvgIpc) is 3.16. The van der Waals surface area contributed by atoms with Crippen molar-refractivity contribution >= 4 is 29.0 Å². The number of rotatable bonds is 8. The minimum absolute atomic E-state index is 0.0223. The van der Waals surface area contributed by atoms with Crippen LogP contribution in [0.25, 0.3) is 0 Å². The predicted molar refractivity (Wildman–Crippen MR) is 114 cm³/mol. The fraction of sp³-hybridized carbons (Fsp3) is 0.273. The molecular formula is C22H23N3O3S. The van der Waals surface area contributed by atoms with Gasteiger partial charge in [-0.2, -0.15) is 0 Å². The topological polar surface area (TPSA) is 92.2 Å². The zero-order valence-electron chi connectivity index (χ0n) is 16.4. The Morgan fingerprint density at radius 2 is 1.97 bits per heavy atom. The Bertz CT molecular complexity index is 1010. The van der Waals surface area contributed by atoms with Crippen LogP contribution >= 0.6 is 11.3 Å². The first-order valence-electron chi connectivity index (χ1n) is 9.42. The first kappa shape index (κ1) is 20.7. The van der Waals surface area contributed by atoms with Gasteiger partial charge in [0.15, 0.2) is 0 Å². The van der Waals surface area contributed by atoms with Crippen LogP contribution in [0.4, 0.5) is 5.82 Å². The number of carbonyl (C=O) groups excluding carboxylic acids is 1. The van der Waals surface area contributed by atoms with Crippen LogP contribution in [0, 0.1) is 0 Å². The van der Waals surface area contributed by atoms with Gasteiger partial charge in [0.1, 0.15) is 5.82 Å². The van der Waals surface area contributed by atoms with Gasteiger partial charge in [-0.15, -0.1) is 11.3 Å². The number of nitrogens with zero attached hydrogens (tertiary/aromatic N) is 2. The minimum Gasteiger partial charge on any atom is -0.478 e. The summed E-state index contributed by atoms with van der Waals surface area (Å²) in [6.45, 7) is 4.26. The normalized spacial score (nSPS) is 10.9. The van der Waals surface area contributed by atoms with E-state index < -0.39 is 5.97 Å². The molecule has 0 saturated heterocycles. The third-order valence-corrected chi connectivity index (χ3v) is 5.41. The van der Waals surface area contributed by atoms with Gasteiger partial charge >= 0.3 is 5.97 Å². The van der Waals surface area contributed by atoms with E-state index in [9.17, 15) is 14.7 Å². The lowest BCUT2D eigenvalue weighted by atomic mass is 10.0. The third kappa shape index (κ3) is 5.71. The van der Waals surface area contributed by atoms with E-state index in [0.29, 0.717) is 17.3 Å². The molecule has 2 aromatic heterocycles. The highest BCUT2D eigenvalue weighted by Gasteiger charge is 2.13. The Morgan fingerprint density at radius 3 is 2.69 bits per heavy atom. The molecule has 1 amide bonds. The van der Waals surface area contributed by atoms with Crippen LogP contribution in [-0.4, -0.2) is 27.0 Å². The summed E-state index contributed by atoms with van der Waals surface area (Å²) < 4.78 is 0. The molecule has 0 saturated carbocycles. The van der Waals surface area contributed by atoms with Gasteiger partial charge in [0, 0.05) is 18.0 Å². The van der Waals surface area contributed by atoms with Crippen LogP contribution in [0.1, 0.15) is 52.0 Å². The molecule has 2 heterocycles. The van der Waals surface area contributed by atoms with Crippen molar-refractivity contribution in [2.24, 2.45) is 0 Å². The lowest BCUT2D eigenvalue weighted by Crippen LogP contribution is -2.17. The Hall–Kier alpha value is -3.06. The van der Waals surface area contributed by atoms with E-state index in [1.807, 2.05) is 12.1 Å². The van der Waals surface area contributed by atoms with E-state index in [1.165, 1.54) is 6.07 Å². The van der Waals surface area contributed by atoms with E-state index >= 15 is 0 Å². The summed E-state index contributed by atoms with van der Waals surface area (Å²) in [4.78, 5) is 32.5. The number of hydrogen-bond donors (Lipinski definition) is 2. The number of amides is 1. The molecule has 3 aromatic rings. The molecule has 0 aliphatic rings. The van der Waals surface area contributed by atoms with Crippen LogP contribution in [0.2, 0.25) is 0 Å². The second-order valence-corrected chi connectivity index (χ2v) is 8.00. The number of hydrogen-bond acceptors (Lipinski definition) is 5. The van der Waals surface area contributed by atoms with Crippen LogP contribution in [-0.2, 0) is 24.1 Å². The van der Waals surface area contributed by atoms with Crippen LogP contribution < -0.4 is 5.32 Å². The molecule has 0 bridgehead atoms. The molecule has 0 unspecified atom stereocenters. The number of thiazole rings is 1. The summed E-state index contributed by atoms with van der Waals surface area (Å²) in [5.41, 5.74) is 2.78. The fourth-order valence-electron chi connectivity index (χ4n) is 2.90. The summed E-state index contributed by atoms with van der Waals surface area (Å²) in [5.74, 6) is -0.461. The number of carboxylic acids is 1. The molecule has 2 N–H and O–H groups in total. The molecule has 150 valence electrons. The lowest BCUT2D eigenvalue weighted by molar-refractivity contribution is -0.115. The summed E-state index contributed by atoms with van der Waals surface area (Å²) in [6, 6.07) is 10.3. The molecule has 3 rings (SSSR count). The predicted octanol–water partition coefficient (Wildman–Crippen LogP) is 4.33. The van der Waals surface area contributed by atoms with Gasteiger partial charge in [-0.3, -0.25) is 4.79 Å². The molecule has 7 heteroatoms. The second-order valence-electron chi connectivity index (χ2n) is 7.06. The zero-order valence-corrected chi connectivity index (χ0v) is 17.2. The Kier molecular flexibility index (Phi) is 6.72. The average molecular weight is 410 g/mol. The molecule has 0 radical (unpaired) electrons. The van der Waals surface area contributed by atoms with Gasteiger partial charge in [0.05, 0.1) is 22.7 Å². The molecule has 0 aliphatic heterocycles. The first-order chi connectivity index (χ1) is 13.9. The van der Waals surface area contributed by atoms with E-state index in [0.717, 1.165) is 29.1 Å². The number of nitrogens with one attached hydrogen (secondary N) is 1. The van der Waals surface area contributed by atoms with E-state index in [2.05, 4.69) is 34.5 Å². The van der Waals surface area contributed by atoms with Gasteiger partial charge in [-0.25, -0.2) is 14.8 Å². The highest BCUT2D eigenvalue weighted by Crippen LogP contribution is 2.19. The lowest BCUT2D eigenvalue weighted by Gasteiger charge is -2.08. The van der Waals surface area contributed by atoms with Crippen molar-refractivity contribution in [1.82, 2.24) is 9.97 Å². The van der Waals surface area contributed by atoms with Crippen LogP contribution in [0.5, 0.6) is 0 Å². The van der Waals surface area contributed by atoms with E-state index in [-0.39, 0.29) is 17.9 Å². The van der Waals surface area contributed by atoms with Crippen molar-refractivity contribution in [3.05, 3.63) is 75.4 Å². The number of pyridine rings is 1. The molecule has 29 heavy (non-hydrogen) atoms. The van der Waals surface area contributed by atoms with Gasteiger partial charge in [-0.05, 0) is 41.7 Å². The van der Waals surface area contributed by atoms with Crippen molar-refractivity contribution in [3.8, 4) is 0 Å². The maximum Gasteiger partial charge on any atom is 0.335 e. The molecular weight excluding hydrogens is 386 g/mol. The standard InChI is InChI=1S/C22H23N3O3S/c1-14(2)18-13-29-21(24-18)8-7-15-9-10-23-19(11-15)25-20(26)12-16-5-3-4-6-17(16)22(27)28/h3-6,9-11,13-14H,7-8,12H2,1-2H3,(H,27,28)(H,23,25,26). The molecule has 0 aliphatic carbocycles. The number of aromatic nitrogens is 2. The van der Waals surface area contributed by atoms with E-state index in [1.54, 1.807) is 35.7 Å². The summed E-state index contributed by atoms with van der Waals surface area (Å²) in [5, 5.41) is 15.2. The fourth-order valence-corrected chi connectivity index (χ4v) is 3.86. The summed E-state index contributed by atoms with van der Waals surface area (Å²) in [6.07, 6.45) is 3.28. The Morgan fingerprint density at radius 1 is 1.17 bits per heavy atom. The Balaban J connectivity index is 1.60. The highest BCUT2D eigenvalue weighted by atomic mass is 32.1. The maximum absolute atomic E-state index is 12.4. The number of aromatic carboxylic acids is 1. The van der Waals surface area contributed by atoms with E-state index in [4.69, 9.17) is 0 Å². The Labute approximate surface area is 173 Å². The molecule has 0 spiro atoms. The van der Waals surface area contributed by atoms with Gasteiger partial charge in [0.2, 0.25) is 5.91 Å². The van der Waals surface area contributed by atoms with Crippen molar-refractivity contribution in [3.63, 3.8) is 0 Å². The van der Waals surface area contributed by atoms with Crippen molar-refractivity contribution in [2.75, 3.05) is 5.32 Å². The number of carbonyl (C=O) groups is 2. The molecule has 1 aromatic carbocycles. The number of anilines is 1. The first-order valence-corrected chi connectivity index (χ1v) is 10.3. The van der Waals surface area contributed by atoms with Gasteiger partial charge in [-0.1, -0.05) is 32.0 Å². The summed E-state index contributed by atoms with van der Waals surface area (Å²) in [7, 11) is 0. The van der Waals surface area contributed by atoms with Crippen molar-refractivity contribution in [1.29, 1.82) is 0 Å². The second kappa shape index (κ2) is 9.43. The zero-order chi connectivity index (χ0) is 20.8.